The molecule has 4 rings (SSSR count). The van der Waals surface area contributed by atoms with Crippen molar-refractivity contribution in [3.63, 3.8) is 0 Å². The summed E-state index contributed by atoms with van der Waals surface area (Å²) in [5.74, 6) is 0.0819. The van der Waals surface area contributed by atoms with Crippen molar-refractivity contribution in [2.75, 3.05) is 52.3 Å². The Labute approximate surface area is 203 Å². The average molecular weight is 463 g/mol. The van der Waals surface area contributed by atoms with Gasteiger partial charge in [0, 0.05) is 49.4 Å². The zero-order valence-electron chi connectivity index (χ0n) is 21.5. The second-order valence-corrected chi connectivity index (χ2v) is 9.71. The van der Waals surface area contributed by atoms with Crippen LogP contribution in [0.1, 0.15) is 38.3 Å². The van der Waals surface area contributed by atoms with Crippen molar-refractivity contribution in [1.82, 2.24) is 14.4 Å². The van der Waals surface area contributed by atoms with E-state index in [0.29, 0.717) is 26.3 Å². The second-order valence-electron chi connectivity index (χ2n) is 9.71. The van der Waals surface area contributed by atoms with E-state index in [1.807, 2.05) is 4.90 Å². The molecule has 0 saturated carbocycles. The minimum Gasteiger partial charge on any atom is -0.379 e. The highest BCUT2D eigenvalue weighted by Gasteiger charge is 2.23. The van der Waals surface area contributed by atoms with E-state index in [9.17, 15) is 4.79 Å². The fourth-order valence-corrected chi connectivity index (χ4v) is 4.87. The summed E-state index contributed by atoms with van der Waals surface area (Å²) < 4.78 is 7.86. The molecule has 1 aliphatic rings. The van der Waals surface area contributed by atoms with Crippen LogP contribution in [0.3, 0.4) is 0 Å². The lowest BCUT2D eigenvalue weighted by molar-refractivity contribution is 0.0303. The molecule has 0 spiro atoms. The third-order valence-electron chi connectivity index (χ3n) is 7.15. The van der Waals surface area contributed by atoms with Gasteiger partial charge in [-0.15, -0.1) is 0 Å². The number of aromatic nitrogens is 1. The molecule has 3 aromatic rings. The maximum atomic E-state index is 13.4. The number of likely N-dealkylation sites (N-methyl/N-ethyl adjacent to an activating group) is 1. The van der Waals surface area contributed by atoms with Crippen LogP contribution in [0.2, 0.25) is 0 Å². The van der Waals surface area contributed by atoms with E-state index in [-0.39, 0.29) is 5.91 Å². The normalized spacial score (nSPS) is 14.3. The van der Waals surface area contributed by atoms with E-state index in [1.54, 1.807) is 0 Å². The molecular weight excluding hydrogens is 424 g/mol. The molecule has 0 radical (unpaired) electrons. The number of amides is 1. The maximum Gasteiger partial charge on any atom is 0.254 e. The molecule has 1 aliphatic heterocycles. The highest BCUT2D eigenvalue weighted by atomic mass is 16.5. The molecule has 6 nitrogen and oxygen atoms in total. The van der Waals surface area contributed by atoms with E-state index in [4.69, 9.17) is 4.74 Å². The van der Waals surface area contributed by atoms with Gasteiger partial charge in [-0.1, -0.05) is 18.2 Å². The van der Waals surface area contributed by atoms with Crippen LogP contribution in [-0.2, 0) is 17.8 Å². The van der Waals surface area contributed by atoms with Crippen LogP contribution < -0.4 is 5.32 Å². The van der Waals surface area contributed by atoms with Crippen molar-refractivity contribution in [1.29, 1.82) is 0 Å². The third-order valence-corrected chi connectivity index (χ3v) is 7.15. The van der Waals surface area contributed by atoms with Crippen LogP contribution >= 0.6 is 0 Å². The minimum atomic E-state index is 0.0819. The van der Waals surface area contributed by atoms with E-state index < -0.39 is 0 Å². The number of morpholine rings is 1. The first kappa shape index (κ1) is 24.3. The zero-order valence-corrected chi connectivity index (χ0v) is 21.5. The second kappa shape index (κ2) is 10.2. The van der Waals surface area contributed by atoms with E-state index in [0.717, 1.165) is 36.3 Å². The summed E-state index contributed by atoms with van der Waals surface area (Å²) in [7, 11) is 4.21. The van der Waals surface area contributed by atoms with Crippen LogP contribution in [0.15, 0.2) is 30.3 Å². The first-order valence-electron chi connectivity index (χ1n) is 12.2. The maximum absolute atomic E-state index is 13.4. The molecule has 6 heteroatoms. The van der Waals surface area contributed by atoms with Gasteiger partial charge in [0.2, 0.25) is 0 Å². The monoisotopic (exact) mass is 462 g/mol. The number of ether oxygens (including phenoxy) is 1. The molecule has 1 saturated heterocycles. The number of anilines is 1. The summed E-state index contributed by atoms with van der Waals surface area (Å²) in [5.41, 5.74) is 9.29. The Bertz CT molecular complexity index is 1170. The van der Waals surface area contributed by atoms with Crippen molar-refractivity contribution in [3.05, 3.63) is 63.8 Å². The topological polar surface area (TPSA) is 49.7 Å². The number of hydrogen-bond donors (Lipinski definition) is 1. The van der Waals surface area contributed by atoms with Gasteiger partial charge < -0.3 is 24.4 Å². The van der Waals surface area contributed by atoms with Crippen molar-refractivity contribution in [2.45, 2.75) is 40.8 Å². The number of carbonyl (C=O) groups excluding carboxylic acids is 1. The molecular formula is C28H38N4O2. The molecule has 0 unspecified atom stereocenters. The number of fused-ring (bicyclic) bond motifs is 1. The summed E-state index contributed by atoms with van der Waals surface area (Å²) >= 11 is 0. The first-order valence-corrected chi connectivity index (χ1v) is 12.2. The van der Waals surface area contributed by atoms with Crippen molar-refractivity contribution >= 4 is 22.5 Å². The van der Waals surface area contributed by atoms with Gasteiger partial charge in [-0.05, 0) is 76.2 Å². The number of aryl methyl sites for hydroxylation is 3. The fraction of sp³-hybridized carbons (Fsp3) is 0.464. The fourth-order valence-electron chi connectivity index (χ4n) is 4.87. The van der Waals surface area contributed by atoms with Gasteiger partial charge in [0.25, 0.3) is 5.91 Å². The highest BCUT2D eigenvalue weighted by molar-refractivity contribution is 6.04. The molecule has 182 valence electrons. The Morgan fingerprint density at radius 1 is 1.06 bits per heavy atom. The summed E-state index contributed by atoms with van der Waals surface area (Å²) in [5, 5.41) is 4.87. The van der Waals surface area contributed by atoms with Gasteiger partial charge in [0.05, 0.1) is 24.4 Å². The minimum absolute atomic E-state index is 0.0819. The van der Waals surface area contributed by atoms with Gasteiger partial charge in [0.1, 0.15) is 0 Å². The SMILES string of the molecule is Cc1cccc(C)c1CNc1cc(C(=O)N2CCOCC2)cc2c(C)c(C)n(CCN(C)C)c12. The molecule has 2 heterocycles. The predicted molar refractivity (Wildman–Crippen MR) is 140 cm³/mol. The number of nitrogens with zero attached hydrogens (tertiary/aromatic N) is 3. The van der Waals surface area contributed by atoms with E-state index in [1.165, 1.54) is 33.5 Å². The summed E-state index contributed by atoms with van der Waals surface area (Å²) in [6.07, 6.45) is 0. The number of hydrogen-bond acceptors (Lipinski definition) is 4. The number of benzene rings is 2. The van der Waals surface area contributed by atoms with E-state index >= 15 is 0 Å². The average Bonchev–Trinajstić information content (AvgIpc) is 3.07. The van der Waals surface area contributed by atoms with Crippen LogP contribution in [-0.4, -0.2) is 67.2 Å². The molecule has 0 bridgehead atoms. The summed E-state index contributed by atoms with van der Waals surface area (Å²) in [4.78, 5) is 17.5. The first-order chi connectivity index (χ1) is 16.3. The smallest absolute Gasteiger partial charge is 0.254 e. The molecule has 34 heavy (non-hydrogen) atoms. The number of nitrogens with one attached hydrogen (secondary N) is 1. The standard InChI is InChI=1S/C28H38N4O2/c1-19-8-7-9-20(2)25(19)18-29-26-17-23(28(33)31-12-14-34-15-13-31)16-24-21(3)22(4)32(27(24)26)11-10-30(5)6/h7-9,16-17,29H,10-15,18H2,1-6H3. The van der Waals surface area contributed by atoms with E-state index in [2.05, 4.69) is 86.9 Å². The van der Waals surface area contributed by atoms with Crippen LogP contribution in [0, 0.1) is 27.7 Å². The van der Waals surface area contributed by atoms with Crippen molar-refractivity contribution in [3.8, 4) is 0 Å². The molecule has 1 aromatic heterocycles. The van der Waals surface area contributed by atoms with Crippen molar-refractivity contribution < 1.29 is 9.53 Å². The molecule has 1 N–H and O–H groups in total. The van der Waals surface area contributed by atoms with Crippen LogP contribution in [0.25, 0.3) is 10.9 Å². The van der Waals surface area contributed by atoms with Gasteiger partial charge in [-0.3, -0.25) is 4.79 Å². The summed E-state index contributed by atoms with van der Waals surface area (Å²) in [6.45, 7) is 13.7. The largest absolute Gasteiger partial charge is 0.379 e. The highest BCUT2D eigenvalue weighted by Crippen LogP contribution is 2.34. The molecule has 0 aliphatic carbocycles. The number of rotatable bonds is 7. The lowest BCUT2D eigenvalue weighted by atomic mass is 10.0. The molecule has 2 aromatic carbocycles. The van der Waals surface area contributed by atoms with Gasteiger partial charge >= 0.3 is 0 Å². The lowest BCUT2D eigenvalue weighted by Gasteiger charge is -2.27. The van der Waals surface area contributed by atoms with Gasteiger partial charge in [-0.2, -0.15) is 0 Å². The summed E-state index contributed by atoms with van der Waals surface area (Å²) in [6, 6.07) is 10.6. The Hall–Kier alpha value is -2.83. The van der Waals surface area contributed by atoms with Crippen LogP contribution in [0.5, 0.6) is 0 Å². The number of carbonyl (C=O) groups is 1. The Balaban J connectivity index is 1.80. The predicted octanol–water partition coefficient (Wildman–Crippen LogP) is 4.52. The van der Waals surface area contributed by atoms with Crippen LogP contribution in [0.4, 0.5) is 5.69 Å². The Kier molecular flexibility index (Phi) is 7.29. The molecule has 1 amide bonds. The quantitative estimate of drug-likeness (QED) is 0.561. The Morgan fingerprint density at radius 2 is 1.74 bits per heavy atom. The molecule has 1 fully saturated rings. The zero-order chi connectivity index (χ0) is 24.4. The third kappa shape index (κ3) is 4.84. The van der Waals surface area contributed by atoms with Gasteiger partial charge in [-0.25, -0.2) is 0 Å². The lowest BCUT2D eigenvalue weighted by Crippen LogP contribution is -2.40. The molecule has 0 atom stereocenters. The Morgan fingerprint density at radius 3 is 2.38 bits per heavy atom. The van der Waals surface area contributed by atoms with Crippen molar-refractivity contribution in [2.24, 2.45) is 0 Å². The van der Waals surface area contributed by atoms with Gasteiger partial charge in [0.15, 0.2) is 0 Å².